The number of carboxylic acid groups (broad SMARTS) is 1. The molecule has 20 heavy (non-hydrogen) atoms. The molecule has 0 saturated carbocycles. The van der Waals surface area contributed by atoms with E-state index in [-0.39, 0.29) is 5.82 Å². The lowest BCUT2D eigenvalue weighted by Crippen LogP contribution is -2.02. The highest BCUT2D eigenvalue weighted by atomic mass is 32.2. The van der Waals surface area contributed by atoms with Crippen molar-refractivity contribution in [2.75, 3.05) is 12.4 Å². The average molecular weight is 292 g/mol. The van der Waals surface area contributed by atoms with Crippen molar-refractivity contribution in [2.24, 2.45) is 0 Å². The van der Waals surface area contributed by atoms with E-state index in [0.717, 1.165) is 0 Å². The Hall–Kier alpha value is -2.01. The largest absolute Gasteiger partial charge is 0.493 e. The summed E-state index contributed by atoms with van der Waals surface area (Å²) in [5, 5.41) is 9.05. The summed E-state index contributed by atoms with van der Waals surface area (Å²) >= 11 is 1.42. The molecule has 5 heteroatoms. The van der Waals surface area contributed by atoms with Crippen LogP contribution in [0.15, 0.2) is 53.4 Å². The second kappa shape index (κ2) is 6.96. The first-order chi connectivity index (χ1) is 9.66. The quantitative estimate of drug-likeness (QED) is 0.651. The third-order valence-corrected chi connectivity index (χ3v) is 3.58. The normalized spacial score (nSPS) is 10.2. The highest BCUT2D eigenvalue weighted by molar-refractivity contribution is 7.99. The SMILES string of the molecule is O=C(O)c1ccccc1SCCOc1ccc(F)cc1. The molecule has 0 aliphatic carbocycles. The van der Waals surface area contributed by atoms with Gasteiger partial charge in [0, 0.05) is 10.6 Å². The van der Waals surface area contributed by atoms with Crippen LogP contribution in [0.1, 0.15) is 10.4 Å². The van der Waals surface area contributed by atoms with Gasteiger partial charge in [0.2, 0.25) is 0 Å². The maximum absolute atomic E-state index is 12.7. The summed E-state index contributed by atoms with van der Waals surface area (Å²) in [6, 6.07) is 12.6. The minimum Gasteiger partial charge on any atom is -0.493 e. The Morgan fingerprint density at radius 3 is 2.55 bits per heavy atom. The van der Waals surface area contributed by atoms with E-state index >= 15 is 0 Å². The number of carboxylic acids is 1. The van der Waals surface area contributed by atoms with E-state index in [4.69, 9.17) is 9.84 Å². The predicted octanol–water partition coefficient (Wildman–Crippen LogP) is 3.70. The van der Waals surface area contributed by atoms with Gasteiger partial charge in [-0.05, 0) is 36.4 Å². The van der Waals surface area contributed by atoms with Gasteiger partial charge in [-0.25, -0.2) is 9.18 Å². The number of ether oxygens (including phenoxy) is 1. The smallest absolute Gasteiger partial charge is 0.336 e. The number of hydrogen-bond donors (Lipinski definition) is 1. The highest BCUT2D eigenvalue weighted by Gasteiger charge is 2.08. The van der Waals surface area contributed by atoms with E-state index in [0.29, 0.717) is 28.6 Å². The Morgan fingerprint density at radius 2 is 1.85 bits per heavy atom. The molecule has 0 aromatic heterocycles. The molecule has 0 heterocycles. The van der Waals surface area contributed by atoms with Crippen LogP contribution in [0.25, 0.3) is 0 Å². The molecule has 0 aliphatic rings. The van der Waals surface area contributed by atoms with E-state index in [1.165, 1.54) is 23.9 Å². The Balaban J connectivity index is 1.84. The van der Waals surface area contributed by atoms with Crippen molar-refractivity contribution in [3.63, 3.8) is 0 Å². The second-order valence-corrected chi connectivity index (χ2v) is 5.09. The average Bonchev–Trinajstić information content (AvgIpc) is 2.46. The van der Waals surface area contributed by atoms with E-state index in [1.54, 1.807) is 36.4 Å². The van der Waals surface area contributed by atoms with Crippen LogP contribution in [-0.4, -0.2) is 23.4 Å². The van der Waals surface area contributed by atoms with Gasteiger partial charge >= 0.3 is 5.97 Å². The first-order valence-corrected chi connectivity index (χ1v) is 6.99. The third kappa shape index (κ3) is 3.99. The predicted molar refractivity (Wildman–Crippen MR) is 76.0 cm³/mol. The molecule has 0 atom stereocenters. The van der Waals surface area contributed by atoms with Gasteiger partial charge < -0.3 is 9.84 Å². The zero-order chi connectivity index (χ0) is 14.4. The standard InChI is InChI=1S/C15H13FO3S/c16-11-5-7-12(8-6-11)19-9-10-20-14-4-2-1-3-13(14)15(17)18/h1-8H,9-10H2,(H,17,18). The zero-order valence-corrected chi connectivity index (χ0v) is 11.4. The molecule has 2 aromatic rings. The Kier molecular flexibility index (Phi) is 5.01. The van der Waals surface area contributed by atoms with E-state index in [2.05, 4.69) is 0 Å². The van der Waals surface area contributed by atoms with Crippen molar-refractivity contribution in [1.29, 1.82) is 0 Å². The maximum atomic E-state index is 12.7. The second-order valence-electron chi connectivity index (χ2n) is 3.95. The van der Waals surface area contributed by atoms with Crippen molar-refractivity contribution in [3.8, 4) is 5.75 Å². The van der Waals surface area contributed by atoms with Gasteiger partial charge in [0.1, 0.15) is 11.6 Å². The molecule has 0 saturated heterocycles. The Morgan fingerprint density at radius 1 is 1.15 bits per heavy atom. The lowest BCUT2D eigenvalue weighted by atomic mass is 10.2. The van der Waals surface area contributed by atoms with Crippen LogP contribution in [0.4, 0.5) is 4.39 Å². The minimum atomic E-state index is -0.937. The van der Waals surface area contributed by atoms with Gasteiger partial charge in [-0.2, -0.15) is 0 Å². The van der Waals surface area contributed by atoms with Gasteiger partial charge in [-0.1, -0.05) is 12.1 Å². The Labute approximate surface area is 120 Å². The fraction of sp³-hybridized carbons (Fsp3) is 0.133. The van der Waals surface area contributed by atoms with Gasteiger partial charge in [0.15, 0.2) is 0 Å². The topological polar surface area (TPSA) is 46.5 Å². The van der Waals surface area contributed by atoms with Gasteiger partial charge in [-0.15, -0.1) is 11.8 Å². The molecule has 0 spiro atoms. The van der Waals surface area contributed by atoms with E-state index in [1.807, 2.05) is 0 Å². The lowest BCUT2D eigenvalue weighted by Gasteiger charge is -2.07. The summed E-state index contributed by atoms with van der Waals surface area (Å²) in [6.07, 6.45) is 0. The summed E-state index contributed by atoms with van der Waals surface area (Å²) in [4.78, 5) is 11.7. The first-order valence-electron chi connectivity index (χ1n) is 6.00. The molecule has 3 nitrogen and oxygen atoms in total. The highest BCUT2D eigenvalue weighted by Crippen LogP contribution is 2.22. The molecule has 0 aliphatic heterocycles. The van der Waals surface area contributed by atoms with Crippen LogP contribution in [0.2, 0.25) is 0 Å². The fourth-order valence-electron chi connectivity index (χ4n) is 1.61. The monoisotopic (exact) mass is 292 g/mol. The van der Waals surface area contributed by atoms with Crippen molar-refractivity contribution in [2.45, 2.75) is 4.90 Å². The molecular formula is C15H13FO3S. The molecule has 0 unspecified atom stereocenters. The number of hydrogen-bond acceptors (Lipinski definition) is 3. The van der Waals surface area contributed by atoms with Gasteiger partial charge in [0.05, 0.1) is 12.2 Å². The van der Waals surface area contributed by atoms with Crippen molar-refractivity contribution >= 4 is 17.7 Å². The minimum absolute atomic E-state index is 0.291. The molecule has 0 fully saturated rings. The summed E-state index contributed by atoms with van der Waals surface area (Å²) in [6.45, 7) is 0.421. The molecule has 2 aromatic carbocycles. The van der Waals surface area contributed by atoms with Crippen LogP contribution >= 0.6 is 11.8 Å². The number of aromatic carboxylic acids is 1. The Bertz CT molecular complexity index is 584. The van der Waals surface area contributed by atoms with Crippen LogP contribution in [0.5, 0.6) is 5.75 Å². The number of thioether (sulfide) groups is 1. The third-order valence-electron chi connectivity index (χ3n) is 2.54. The maximum Gasteiger partial charge on any atom is 0.336 e. The van der Waals surface area contributed by atoms with Gasteiger partial charge in [-0.3, -0.25) is 0 Å². The van der Waals surface area contributed by atoms with E-state index in [9.17, 15) is 9.18 Å². The zero-order valence-electron chi connectivity index (χ0n) is 10.6. The molecule has 0 radical (unpaired) electrons. The van der Waals surface area contributed by atoms with Crippen LogP contribution < -0.4 is 4.74 Å². The van der Waals surface area contributed by atoms with Crippen LogP contribution in [-0.2, 0) is 0 Å². The first kappa shape index (κ1) is 14.4. The van der Waals surface area contributed by atoms with E-state index < -0.39 is 5.97 Å². The van der Waals surface area contributed by atoms with Crippen LogP contribution in [0.3, 0.4) is 0 Å². The van der Waals surface area contributed by atoms with Crippen molar-refractivity contribution < 1.29 is 19.0 Å². The lowest BCUT2D eigenvalue weighted by molar-refractivity contribution is 0.0693. The number of carbonyl (C=O) groups is 1. The summed E-state index contributed by atoms with van der Waals surface area (Å²) in [5.74, 6) is -0.0324. The summed E-state index contributed by atoms with van der Waals surface area (Å²) < 4.78 is 18.1. The molecular weight excluding hydrogens is 279 g/mol. The van der Waals surface area contributed by atoms with Crippen molar-refractivity contribution in [3.05, 3.63) is 59.9 Å². The number of benzene rings is 2. The number of rotatable bonds is 6. The molecule has 1 N–H and O–H groups in total. The van der Waals surface area contributed by atoms with Gasteiger partial charge in [0.25, 0.3) is 0 Å². The molecule has 0 bridgehead atoms. The van der Waals surface area contributed by atoms with Crippen molar-refractivity contribution in [1.82, 2.24) is 0 Å². The molecule has 2 rings (SSSR count). The summed E-state index contributed by atoms with van der Waals surface area (Å²) in [5.41, 5.74) is 0.291. The summed E-state index contributed by atoms with van der Waals surface area (Å²) in [7, 11) is 0. The van der Waals surface area contributed by atoms with Crippen LogP contribution in [0, 0.1) is 5.82 Å². The number of halogens is 1. The molecule has 104 valence electrons. The molecule has 0 amide bonds. The fourth-order valence-corrected chi connectivity index (χ4v) is 2.48.